The highest BCUT2D eigenvalue weighted by atomic mass is 16.6. The number of nitrogens with two attached hydrogens (primary N) is 1. The third kappa shape index (κ3) is 34.6. The van der Waals surface area contributed by atoms with Crippen LogP contribution in [-0.4, -0.2) is 271 Å². The molecule has 0 saturated carbocycles. The fourth-order valence-corrected chi connectivity index (χ4v) is 17.3. The molecule has 716 valence electrons. The van der Waals surface area contributed by atoms with Crippen LogP contribution in [0.3, 0.4) is 0 Å². The number of Topliss-reactive ketones (excluding diaryl/α,β-unsaturated/α-hetero) is 1. The second-order valence-corrected chi connectivity index (χ2v) is 38.8. The Morgan fingerprint density at radius 2 is 0.897 bits per heavy atom. The SMILES string of the molecule is CCC(C)(C)C1C(=O)OC(=O)C1C.CCO.CCOC(=O)C(C(CC(C)(C)C1C(=O)OC(=O)C1C)C(=O)O)C(C)(C)CC(C(=O)O)C(C(=O)NCCCN(C)C)C(C)(C)CC1C(=O)N(CCCN(C)C)C(=O)C1C(C)(C)CC(C(=O)O)C(C(=O)OCCNC(=O)c1ccc(N(C)C)cc1)C(C)(C)CC.CN(C)CCCN.CN(C)c1ccc(C(=O)CCCO)cc1. The molecule has 9 N–H and O–H groups in total. The van der Waals surface area contributed by atoms with Crippen molar-refractivity contribution in [3.63, 3.8) is 0 Å². The molecule has 3 aliphatic heterocycles. The van der Waals surface area contributed by atoms with Crippen molar-refractivity contribution in [3.8, 4) is 0 Å². The number of ether oxygens (including phenoxy) is 4. The minimum absolute atomic E-state index is 0.0207. The van der Waals surface area contributed by atoms with E-state index in [2.05, 4.69) is 34.4 Å². The number of cyclic esters (lactones) is 4. The summed E-state index contributed by atoms with van der Waals surface area (Å²) in [5.41, 5.74) is 1.31. The summed E-state index contributed by atoms with van der Waals surface area (Å²) in [6.45, 7) is 33.3. The highest BCUT2D eigenvalue weighted by Gasteiger charge is 2.61. The molecule has 4 amide bonds. The van der Waals surface area contributed by atoms with Crippen LogP contribution in [0.4, 0.5) is 11.4 Å². The van der Waals surface area contributed by atoms with Crippen molar-refractivity contribution in [1.29, 1.82) is 0 Å². The molecule has 12 atom stereocenters. The largest absolute Gasteiger partial charge is 0.481 e. The van der Waals surface area contributed by atoms with Crippen molar-refractivity contribution in [1.82, 2.24) is 30.2 Å². The summed E-state index contributed by atoms with van der Waals surface area (Å²) in [7, 11) is 19.1. The first-order valence-electron chi connectivity index (χ1n) is 44.1. The number of carboxylic acid groups (broad SMARTS) is 3. The van der Waals surface area contributed by atoms with Crippen LogP contribution < -0.4 is 26.2 Å². The molecule has 0 spiro atoms. The molecule has 3 fully saturated rings. The lowest BCUT2D eigenvalue weighted by atomic mass is 9.57. The Labute approximate surface area is 749 Å². The van der Waals surface area contributed by atoms with Crippen molar-refractivity contribution in [2.24, 2.45) is 109 Å². The maximum absolute atomic E-state index is 15.2. The zero-order valence-corrected chi connectivity index (χ0v) is 80.9. The molecule has 5 rings (SSSR count). The number of amides is 4. The minimum atomic E-state index is -1.71. The van der Waals surface area contributed by atoms with Gasteiger partial charge in [-0.2, -0.15) is 0 Å². The van der Waals surface area contributed by atoms with E-state index < -0.39 is 158 Å². The number of hydrogen-bond acceptors (Lipinski definition) is 26. The van der Waals surface area contributed by atoms with Gasteiger partial charge >= 0.3 is 53.7 Å². The second-order valence-electron chi connectivity index (χ2n) is 38.8. The average Bonchev–Trinajstić information content (AvgIpc) is 1.49. The molecular weight excluding hydrogens is 1620 g/mol. The molecule has 0 radical (unpaired) electrons. The number of benzene rings is 2. The van der Waals surface area contributed by atoms with E-state index in [0.29, 0.717) is 56.3 Å². The molecule has 0 aliphatic carbocycles. The van der Waals surface area contributed by atoms with Crippen molar-refractivity contribution < 1.29 is 112 Å². The second kappa shape index (κ2) is 52.6. The van der Waals surface area contributed by atoms with Crippen molar-refractivity contribution in [2.75, 3.05) is 153 Å². The highest BCUT2D eigenvalue weighted by Crippen LogP contribution is 2.55. The number of nitrogens with zero attached hydrogens (tertiary/aromatic N) is 6. The molecule has 32 nitrogen and oxygen atoms in total. The molecule has 3 heterocycles. The molecular formula is C94H157N9O23. The van der Waals surface area contributed by atoms with Gasteiger partial charge in [-0.1, -0.05) is 124 Å². The number of aliphatic hydroxyl groups excluding tert-OH is 2. The molecule has 0 aromatic heterocycles. The van der Waals surface area contributed by atoms with E-state index in [4.69, 9.17) is 30.2 Å². The predicted octanol–water partition coefficient (Wildman–Crippen LogP) is 9.96. The maximum atomic E-state index is 15.2. The van der Waals surface area contributed by atoms with E-state index in [0.717, 1.165) is 42.2 Å². The van der Waals surface area contributed by atoms with Gasteiger partial charge in [0.05, 0.1) is 84.2 Å². The number of anilines is 2. The van der Waals surface area contributed by atoms with Crippen LogP contribution in [0.15, 0.2) is 48.5 Å². The lowest BCUT2D eigenvalue weighted by Crippen LogP contribution is -2.51. The first-order valence-corrected chi connectivity index (χ1v) is 44.1. The average molecular weight is 1780 g/mol. The number of rotatable bonds is 47. The van der Waals surface area contributed by atoms with Crippen LogP contribution >= 0.6 is 0 Å². The number of aliphatic carboxylic acids is 3. The molecule has 32 heteroatoms. The number of aliphatic hydroxyl groups is 2. The van der Waals surface area contributed by atoms with Gasteiger partial charge < -0.3 is 85.3 Å². The summed E-state index contributed by atoms with van der Waals surface area (Å²) in [5, 5.41) is 55.6. The molecule has 3 aliphatic rings. The van der Waals surface area contributed by atoms with Crippen LogP contribution in [0.2, 0.25) is 0 Å². The van der Waals surface area contributed by atoms with Crippen molar-refractivity contribution >= 4 is 94.5 Å². The third-order valence-electron chi connectivity index (χ3n) is 24.7. The summed E-state index contributed by atoms with van der Waals surface area (Å²) in [5.74, 6) is -25.2. The normalized spacial score (nSPS) is 18.8. The first-order chi connectivity index (χ1) is 58.3. The van der Waals surface area contributed by atoms with Crippen LogP contribution in [0.25, 0.3) is 0 Å². The number of imide groups is 1. The molecule has 2 aromatic rings. The standard InChI is InChI=1S/C65H104N6O17.C12H17NO2.C10H16O3.C5H14N2.C2H6O/c1-20-61(4,5)48(59(84)87-33-29-67-50(72)39-24-26-40(27-25-39)70(18)19)43(55(78)79)37-64(10,11)47-41(52(74)71(53(47)75)32-23-31-69(16)17)34-63(8,9)46(51(73)66-28-22-30-68(14)15)42(54(76)77)35-65(12,13)49(58(83)86-21-2)44(56(80)81)36-62(6,7)45-38(3)57(82)88-60(45)85;1-13(2)11-7-5-10(6-8-11)12(15)4-3-9-14;1-5-10(3,4)7-6(2)8(11)13-9(7)12;1-7(2)5-3-4-6;1-2-3/h24-27,38,41-49H,20-23,28-37H2,1-19H3,(H,66,73)(H,67,72)(H,76,77)(H,78,79)(H,80,81);5-8,14H,3-4,9H2,1-2H3;6-7H,5H2,1-4H3;3-6H2,1-2H3;3H,2H2,1H3. The lowest BCUT2D eigenvalue weighted by molar-refractivity contribution is -0.168. The Balaban J connectivity index is 0.00000169. The van der Waals surface area contributed by atoms with E-state index in [-0.39, 0.29) is 100 Å². The third-order valence-corrected chi connectivity index (χ3v) is 24.7. The summed E-state index contributed by atoms with van der Waals surface area (Å²) in [6.07, 6.45) is 2.55. The Kier molecular flexibility index (Phi) is 48.1. The number of carbonyl (C=O) groups is 14. The zero-order chi connectivity index (χ0) is 97.2. The van der Waals surface area contributed by atoms with Crippen molar-refractivity contribution in [2.45, 2.75) is 195 Å². The summed E-state index contributed by atoms with van der Waals surface area (Å²) in [6, 6.07) is 14.4. The zero-order valence-electron chi connectivity index (χ0n) is 80.9. The Morgan fingerprint density at radius 1 is 0.484 bits per heavy atom. The van der Waals surface area contributed by atoms with Crippen molar-refractivity contribution in [3.05, 3.63) is 59.7 Å². The van der Waals surface area contributed by atoms with E-state index in [1.807, 2.05) is 121 Å². The van der Waals surface area contributed by atoms with E-state index >= 15 is 14.4 Å². The summed E-state index contributed by atoms with van der Waals surface area (Å²) < 4.78 is 20.8. The van der Waals surface area contributed by atoms with Crippen LogP contribution in [0, 0.1) is 104 Å². The number of esters is 6. The maximum Gasteiger partial charge on any atom is 0.318 e. The number of likely N-dealkylation sites (tertiary alicyclic amines) is 1. The van der Waals surface area contributed by atoms with Gasteiger partial charge in [0.15, 0.2) is 5.78 Å². The highest BCUT2D eigenvalue weighted by molar-refractivity contribution is 6.06. The lowest BCUT2D eigenvalue weighted by Gasteiger charge is -2.45. The van der Waals surface area contributed by atoms with Gasteiger partial charge in [-0.15, -0.1) is 0 Å². The van der Waals surface area contributed by atoms with Gasteiger partial charge in [-0.3, -0.25) is 72.0 Å². The van der Waals surface area contributed by atoms with Crippen LogP contribution in [0.5, 0.6) is 0 Å². The summed E-state index contributed by atoms with van der Waals surface area (Å²) >= 11 is 0. The number of carbonyl (C=O) groups excluding carboxylic acids is 11. The molecule has 2 aromatic carbocycles. The van der Waals surface area contributed by atoms with E-state index in [9.17, 15) is 68.1 Å². The molecule has 126 heavy (non-hydrogen) atoms. The van der Waals surface area contributed by atoms with Gasteiger partial charge in [-0.05, 0) is 215 Å². The Bertz CT molecular complexity index is 3870. The number of carboxylic acids is 3. The minimum Gasteiger partial charge on any atom is -0.481 e. The van der Waals surface area contributed by atoms with Gasteiger partial charge in [0, 0.05) is 83.4 Å². The Morgan fingerprint density at radius 3 is 1.29 bits per heavy atom. The molecule has 0 bridgehead atoms. The van der Waals surface area contributed by atoms with E-state index in [1.54, 1.807) is 100 Å². The topological polar surface area (TPSA) is 447 Å². The number of ketones is 1. The van der Waals surface area contributed by atoms with Gasteiger partial charge in [-0.25, -0.2) is 0 Å². The first kappa shape index (κ1) is 115. The Hall–Kier alpha value is -8.82. The number of hydrogen-bond donors (Lipinski definition) is 8. The van der Waals surface area contributed by atoms with Gasteiger partial charge in [0.1, 0.15) is 6.61 Å². The van der Waals surface area contributed by atoms with Crippen LogP contribution in [0.1, 0.15) is 216 Å². The van der Waals surface area contributed by atoms with Gasteiger partial charge in [0.25, 0.3) is 5.91 Å². The molecule has 12 unspecified atom stereocenters. The quantitative estimate of drug-likeness (QED) is 0.00762. The predicted molar refractivity (Wildman–Crippen MR) is 483 cm³/mol. The fraction of sp³-hybridized carbons (Fsp3) is 0.723. The monoisotopic (exact) mass is 1780 g/mol. The van der Waals surface area contributed by atoms with E-state index in [1.165, 1.54) is 27.7 Å². The summed E-state index contributed by atoms with van der Waals surface area (Å²) in [4.78, 5) is 200. The smallest absolute Gasteiger partial charge is 0.318 e. The molecule has 3 saturated heterocycles. The van der Waals surface area contributed by atoms with Crippen LogP contribution in [-0.2, 0) is 76.5 Å². The fourth-order valence-electron chi connectivity index (χ4n) is 17.3. The number of nitrogens with one attached hydrogen (secondary N) is 2. The van der Waals surface area contributed by atoms with Gasteiger partial charge in [0.2, 0.25) is 17.7 Å².